The number of aryl methyl sites for hydroxylation is 2. The van der Waals surface area contributed by atoms with E-state index in [2.05, 4.69) is 15.3 Å². The van der Waals surface area contributed by atoms with E-state index >= 15 is 0 Å². The van der Waals surface area contributed by atoms with Gasteiger partial charge in [0, 0.05) is 23.6 Å². The van der Waals surface area contributed by atoms with Crippen LogP contribution in [0, 0.1) is 13.8 Å². The van der Waals surface area contributed by atoms with E-state index in [1.54, 1.807) is 12.1 Å². The van der Waals surface area contributed by atoms with Crippen LogP contribution >= 0.6 is 11.3 Å². The Morgan fingerprint density at radius 3 is 2.91 bits per heavy atom. The summed E-state index contributed by atoms with van der Waals surface area (Å²) in [6.07, 6.45) is 2.42. The van der Waals surface area contributed by atoms with Crippen molar-refractivity contribution in [3.8, 4) is 5.88 Å². The molecule has 0 aromatic carbocycles. The lowest BCUT2D eigenvalue weighted by atomic mass is 10.2. The summed E-state index contributed by atoms with van der Waals surface area (Å²) in [7, 11) is 0. The molecule has 1 N–H and O–H groups in total. The van der Waals surface area contributed by atoms with Crippen LogP contribution in [0.1, 0.15) is 27.3 Å². The van der Waals surface area contributed by atoms with Crippen molar-refractivity contribution in [2.75, 3.05) is 18.5 Å². The molecule has 2 aromatic heterocycles. The molecule has 1 aliphatic rings. The first-order valence-electron chi connectivity index (χ1n) is 7.07. The number of hydrogen-bond donors (Lipinski definition) is 1. The van der Waals surface area contributed by atoms with E-state index in [4.69, 9.17) is 9.47 Å². The van der Waals surface area contributed by atoms with Gasteiger partial charge in [0.1, 0.15) is 6.10 Å². The third-order valence-electron chi connectivity index (χ3n) is 3.42. The fourth-order valence-corrected chi connectivity index (χ4v) is 2.87. The maximum Gasteiger partial charge on any atom is 0.259 e. The molecule has 0 spiro atoms. The molecular weight excluding hydrogens is 302 g/mol. The largest absolute Gasteiger partial charge is 0.472 e. The minimum absolute atomic E-state index is 0.0495. The summed E-state index contributed by atoms with van der Waals surface area (Å²) < 4.78 is 10.9. The molecule has 2 aromatic rings. The van der Waals surface area contributed by atoms with Crippen LogP contribution in [0.3, 0.4) is 0 Å². The normalized spacial score (nSPS) is 17.5. The van der Waals surface area contributed by atoms with Crippen LogP contribution in [0.2, 0.25) is 0 Å². The van der Waals surface area contributed by atoms with Gasteiger partial charge in [-0.25, -0.2) is 9.97 Å². The van der Waals surface area contributed by atoms with Gasteiger partial charge in [-0.05, 0) is 19.9 Å². The van der Waals surface area contributed by atoms with Crippen molar-refractivity contribution in [1.29, 1.82) is 0 Å². The minimum Gasteiger partial charge on any atom is -0.472 e. The molecule has 116 valence electrons. The minimum atomic E-state index is -0.225. The molecule has 7 heteroatoms. The Kier molecular flexibility index (Phi) is 4.35. The topological polar surface area (TPSA) is 73.3 Å². The number of aromatic nitrogens is 2. The summed E-state index contributed by atoms with van der Waals surface area (Å²) in [4.78, 5) is 21.7. The van der Waals surface area contributed by atoms with Gasteiger partial charge in [0.2, 0.25) is 5.88 Å². The number of carbonyl (C=O) groups is 1. The first-order chi connectivity index (χ1) is 10.6. The maximum atomic E-state index is 12.1. The van der Waals surface area contributed by atoms with Crippen LogP contribution in [0.4, 0.5) is 5.13 Å². The second-order valence-electron chi connectivity index (χ2n) is 5.10. The Bertz CT molecular complexity index is 644. The fourth-order valence-electron chi connectivity index (χ4n) is 2.06. The van der Waals surface area contributed by atoms with E-state index in [1.807, 2.05) is 13.8 Å². The predicted molar refractivity (Wildman–Crippen MR) is 83.6 cm³/mol. The van der Waals surface area contributed by atoms with Gasteiger partial charge in [0.25, 0.3) is 5.91 Å². The quantitative estimate of drug-likeness (QED) is 0.937. The molecule has 1 amide bonds. The highest BCUT2D eigenvalue weighted by Gasteiger charge is 2.18. The number of amides is 1. The molecular formula is C15H17N3O3S. The SMILES string of the molecule is Cc1nc(NC(=O)c2ccc(OC3CCOC3)nc2)sc1C. The highest BCUT2D eigenvalue weighted by molar-refractivity contribution is 7.15. The molecule has 22 heavy (non-hydrogen) atoms. The first-order valence-corrected chi connectivity index (χ1v) is 7.89. The standard InChI is InChI=1S/C15H17N3O3S/c1-9-10(2)22-15(17-9)18-14(19)11-3-4-13(16-7-11)21-12-5-6-20-8-12/h3-4,7,12H,5-6,8H2,1-2H3,(H,17,18,19). The zero-order chi connectivity index (χ0) is 15.5. The summed E-state index contributed by atoms with van der Waals surface area (Å²) in [6.45, 7) is 5.20. The Morgan fingerprint density at radius 1 is 1.45 bits per heavy atom. The molecule has 1 atom stereocenters. The zero-order valence-corrected chi connectivity index (χ0v) is 13.3. The molecule has 1 saturated heterocycles. The van der Waals surface area contributed by atoms with E-state index in [1.165, 1.54) is 17.5 Å². The third-order valence-corrected chi connectivity index (χ3v) is 4.41. The van der Waals surface area contributed by atoms with Gasteiger partial charge in [0.15, 0.2) is 5.13 Å². The van der Waals surface area contributed by atoms with Crippen molar-refractivity contribution >= 4 is 22.4 Å². The average molecular weight is 319 g/mol. The number of anilines is 1. The van der Waals surface area contributed by atoms with Crippen molar-refractivity contribution in [3.05, 3.63) is 34.5 Å². The number of nitrogens with zero attached hydrogens (tertiary/aromatic N) is 2. The van der Waals surface area contributed by atoms with Gasteiger partial charge in [-0.2, -0.15) is 0 Å². The van der Waals surface area contributed by atoms with Crippen LogP contribution in [0.25, 0.3) is 0 Å². The lowest BCUT2D eigenvalue weighted by molar-refractivity contribution is 0.102. The third kappa shape index (κ3) is 3.42. The number of rotatable bonds is 4. The number of nitrogens with one attached hydrogen (secondary N) is 1. The second-order valence-corrected chi connectivity index (χ2v) is 6.31. The lowest BCUT2D eigenvalue weighted by Crippen LogP contribution is -2.17. The number of thiazole rings is 1. The van der Waals surface area contributed by atoms with Crippen molar-refractivity contribution in [2.45, 2.75) is 26.4 Å². The van der Waals surface area contributed by atoms with Gasteiger partial charge in [-0.3, -0.25) is 10.1 Å². The van der Waals surface area contributed by atoms with Crippen LogP contribution in [0.5, 0.6) is 5.88 Å². The summed E-state index contributed by atoms with van der Waals surface area (Å²) in [5, 5.41) is 3.38. The second kappa shape index (κ2) is 6.41. The summed E-state index contributed by atoms with van der Waals surface area (Å²) in [5.74, 6) is 0.282. The molecule has 0 bridgehead atoms. The molecule has 0 radical (unpaired) electrons. The number of hydrogen-bond acceptors (Lipinski definition) is 6. The lowest BCUT2D eigenvalue weighted by Gasteiger charge is -2.10. The van der Waals surface area contributed by atoms with E-state index in [0.717, 1.165) is 23.6 Å². The van der Waals surface area contributed by atoms with Gasteiger partial charge in [-0.15, -0.1) is 11.3 Å². The Balaban J connectivity index is 1.62. The van der Waals surface area contributed by atoms with Crippen LogP contribution in [0.15, 0.2) is 18.3 Å². The Labute approximate surface area is 132 Å². The number of pyridine rings is 1. The molecule has 1 unspecified atom stereocenters. The molecule has 1 fully saturated rings. The van der Waals surface area contributed by atoms with Gasteiger partial charge < -0.3 is 9.47 Å². The van der Waals surface area contributed by atoms with Crippen molar-refractivity contribution in [3.63, 3.8) is 0 Å². The van der Waals surface area contributed by atoms with Crippen molar-refractivity contribution in [1.82, 2.24) is 9.97 Å². The highest BCUT2D eigenvalue weighted by atomic mass is 32.1. The van der Waals surface area contributed by atoms with Crippen molar-refractivity contribution < 1.29 is 14.3 Å². The Hall–Kier alpha value is -1.99. The van der Waals surface area contributed by atoms with E-state index in [0.29, 0.717) is 23.2 Å². The summed E-state index contributed by atoms with van der Waals surface area (Å²) >= 11 is 1.46. The molecule has 3 heterocycles. The van der Waals surface area contributed by atoms with E-state index < -0.39 is 0 Å². The molecule has 1 aliphatic heterocycles. The van der Waals surface area contributed by atoms with E-state index in [9.17, 15) is 4.79 Å². The monoisotopic (exact) mass is 319 g/mol. The van der Waals surface area contributed by atoms with Gasteiger partial charge in [-0.1, -0.05) is 0 Å². The molecule has 3 rings (SSSR count). The number of carbonyl (C=O) groups excluding carboxylic acids is 1. The zero-order valence-electron chi connectivity index (χ0n) is 12.5. The highest BCUT2D eigenvalue weighted by Crippen LogP contribution is 2.22. The van der Waals surface area contributed by atoms with Crippen molar-refractivity contribution in [2.24, 2.45) is 0 Å². The smallest absolute Gasteiger partial charge is 0.259 e. The molecule has 0 saturated carbocycles. The van der Waals surface area contributed by atoms with E-state index in [-0.39, 0.29) is 12.0 Å². The molecule has 0 aliphatic carbocycles. The first kappa shape index (κ1) is 14.9. The summed E-state index contributed by atoms with van der Waals surface area (Å²) in [6, 6.07) is 3.40. The van der Waals surface area contributed by atoms with Crippen LogP contribution in [-0.4, -0.2) is 35.2 Å². The van der Waals surface area contributed by atoms with Crippen LogP contribution < -0.4 is 10.1 Å². The fraction of sp³-hybridized carbons (Fsp3) is 0.400. The molecule has 6 nitrogen and oxygen atoms in total. The maximum absolute atomic E-state index is 12.1. The van der Waals surface area contributed by atoms with Gasteiger partial charge >= 0.3 is 0 Å². The summed E-state index contributed by atoms with van der Waals surface area (Å²) in [5.41, 5.74) is 1.40. The predicted octanol–water partition coefficient (Wildman–Crippen LogP) is 2.57. The average Bonchev–Trinajstić information content (AvgIpc) is 3.10. The van der Waals surface area contributed by atoms with Gasteiger partial charge in [0.05, 0.1) is 24.5 Å². The Morgan fingerprint density at radius 2 is 2.32 bits per heavy atom. The van der Waals surface area contributed by atoms with Crippen LogP contribution in [-0.2, 0) is 4.74 Å². The number of ether oxygens (including phenoxy) is 2.